The number of aromatic amines is 1. The molecule has 0 spiro atoms. The van der Waals surface area contributed by atoms with E-state index in [2.05, 4.69) is 65.6 Å². The van der Waals surface area contributed by atoms with Crippen LogP contribution in [0.25, 0.3) is 22.4 Å². The maximum atomic E-state index is 10.5. The molecule has 1 fully saturated rings. The zero-order valence-corrected chi connectivity index (χ0v) is 22.4. The van der Waals surface area contributed by atoms with Crippen molar-refractivity contribution in [3.05, 3.63) is 89.5 Å². The highest BCUT2D eigenvalue weighted by atomic mass is 16.3. The maximum absolute atomic E-state index is 10.5. The summed E-state index contributed by atoms with van der Waals surface area (Å²) < 4.78 is 0. The van der Waals surface area contributed by atoms with Crippen molar-refractivity contribution >= 4 is 11.0 Å². The monoisotopic (exact) mass is 482 g/mol. The fourth-order valence-corrected chi connectivity index (χ4v) is 6.40. The Hall–Kier alpha value is -2.91. The number of benzene rings is 3. The molecule has 6 rings (SSSR count). The highest BCUT2D eigenvalue weighted by Crippen LogP contribution is 2.51. The zero-order valence-electron chi connectivity index (χ0n) is 22.4. The number of nitrogens with zero attached hydrogens (tertiary/aromatic N) is 1. The maximum Gasteiger partial charge on any atom is 0.138 e. The number of rotatable bonds is 3. The third-order valence-electron chi connectivity index (χ3n) is 7.93. The van der Waals surface area contributed by atoms with Crippen molar-refractivity contribution < 1.29 is 5.11 Å². The van der Waals surface area contributed by atoms with Gasteiger partial charge < -0.3 is 10.1 Å². The fraction of sp³-hybridized carbons (Fsp3) is 0.424. The minimum absolute atomic E-state index is 0.110. The van der Waals surface area contributed by atoms with Crippen molar-refractivity contribution in [1.82, 2.24) is 9.97 Å². The van der Waals surface area contributed by atoms with Gasteiger partial charge in [-0.25, -0.2) is 4.98 Å². The van der Waals surface area contributed by atoms with E-state index in [1.54, 1.807) is 0 Å². The molecule has 1 aromatic heterocycles. The molecule has 4 aromatic rings. The van der Waals surface area contributed by atoms with E-state index in [1.807, 2.05) is 39.8 Å². The van der Waals surface area contributed by atoms with Crippen molar-refractivity contribution in [3.63, 3.8) is 0 Å². The number of aliphatic hydroxyl groups excluding tert-OH is 1. The van der Waals surface area contributed by atoms with Gasteiger partial charge in [-0.05, 0) is 85.8 Å². The van der Waals surface area contributed by atoms with Crippen LogP contribution in [0.2, 0.25) is 0 Å². The molecule has 2 N–H and O–H groups in total. The number of para-hydroxylation sites is 2. The highest BCUT2D eigenvalue weighted by molar-refractivity contribution is 5.79. The van der Waals surface area contributed by atoms with Gasteiger partial charge in [0.25, 0.3) is 0 Å². The Morgan fingerprint density at radius 2 is 1.67 bits per heavy atom. The molecule has 0 bridgehead atoms. The lowest BCUT2D eigenvalue weighted by atomic mass is 9.58. The Bertz CT molecular complexity index is 1210. The molecule has 3 heteroatoms. The molecular weight excluding hydrogens is 440 g/mol. The Morgan fingerprint density at radius 1 is 0.917 bits per heavy atom. The van der Waals surface area contributed by atoms with Crippen LogP contribution in [-0.2, 0) is 18.3 Å². The third-order valence-corrected chi connectivity index (χ3v) is 7.93. The minimum Gasteiger partial charge on any atom is -0.393 e. The number of aryl methyl sites for hydroxylation is 1. The number of fused-ring (bicyclic) bond motifs is 4. The van der Waals surface area contributed by atoms with E-state index in [-0.39, 0.29) is 11.5 Å². The molecule has 2 aliphatic rings. The third kappa shape index (κ3) is 5.13. The van der Waals surface area contributed by atoms with E-state index >= 15 is 0 Å². The summed E-state index contributed by atoms with van der Waals surface area (Å²) in [7, 11) is 0. The lowest BCUT2D eigenvalue weighted by Crippen LogP contribution is -2.43. The van der Waals surface area contributed by atoms with Gasteiger partial charge in [0.1, 0.15) is 5.82 Å². The van der Waals surface area contributed by atoms with Gasteiger partial charge in [-0.1, -0.05) is 82.3 Å². The predicted molar refractivity (Wildman–Crippen MR) is 152 cm³/mol. The summed E-state index contributed by atoms with van der Waals surface area (Å²) in [5.41, 5.74) is 7.76. The molecule has 0 aliphatic heterocycles. The van der Waals surface area contributed by atoms with Crippen molar-refractivity contribution in [1.29, 1.82) is 0 Å². The first kappa shape index (κ1) is 26.2. The quantitative estimate of drug-likeness (QED) is 0.309. The van der Waals surface area contributed by atoms with Gasteiger partial charge in [-0.15, -0.1) is 0 Å². The molecule has 3 nitrogen and oxygen atoms in total. The summed E-state index contributed by atoms with van der Waals surface area (Å²) in [4.78, 5) is 8.34. The van der Waals surface area contributed by atoms with Crippen molar-refractivity contribution in [2.45, 2.75) is 84.2 Å². The molecule has 36 heavy (non-hydrogen) atoms. The van der Waals surface area contributed by atoms with Gasteiger partial charge in [-0.2, -0.15) is 0 Å². The topological polar surface area (TPSA) is 48.9 Å². The molecule has 3 unspecified atom stereocenters. The molecule has 0 amide bonds. The van der Waals surface area contributed by atoms with E-state index < -0.39 is 0 Å². The normalized spacial score (nSPS) is 22.7. The number of nitrogens with one attached hydrogen (secondary N) is 1. The highest BCUT2D eigenvalue weighted by Gasteiger charge is 2.46. The average Bonchev–Trinajstić information content (AvgIpc) is 3.31. The van der Waals surface area contributed by atoms with Crippen LogP contribution in [0.4, 0.5) is 0 Å². The van der Waals surface area contributed by atoms with E-state index in [0.29, 0.717) is 5.92 Å². The fourth-order valence-electron chi connectivity index (χ4n) is 6.40. The summed E-state index contributed by atoms with van der Waals surface area (Å²) in [6.07, 6.45) is 7.27. The van der Waals surface area contributed by atoms with Crippen LogP contribution in [-0.4, -0.2) is 21.2 Å². The largest absolute Gasteiger partial charge is 0.393 e. The van der Waals surface area contributed by atoms with E-state index in [4.69, 9.17) is 4.98 Å². The number of hydrogen-bond donors (Lipinski definition) is 2. The van der Waals surface area contributed by atoms with E-state index in [0.717, 1.165) is 49.0 Å². The Kier molecular flexibility index (Phi) is 8.64. The molecule has 3 aromatic carbocycles. The second kappa shape index (κ2) is 11.9. The Labute approximate surface area is 217 Å². The van der Waals surface area contributed by atoms with Crippen molar-refractivity contribution in [2.75, 3.05) is 0 Å². The lowest BCUT2D eigenvalue weighted by Gasteiger charge is -2.46. The number of aliphatic hydroxyl groups is 1. The smallest absolute Gasteiger partial charge is 0.138 e. The van der Waals surface area contributed by atoms with Crippen molar-refractivity contribution in [2.24, 2.45) is 5.92 Å². The van der Waals surface area contributed by atoms with Crippen LogP contribution in [0, 0.1) is 5.92 Å². The molecular formula is C33H42N2O. The summed E-state index contributed by atoms with van der Waals surface area (Å²) in [5, 5.41) is 10.5. The van der Waals surface area contributed by atoms with Crippen LogP contribution < -0.4 is 0 Å². The molecule has 0 saturated heterocycles. The van der Waals surface area contributed by atoms with Gasteiger partial charge >= 0.3 is 0 Å². The summed E-state index contributed by atoms with van der Waals surface area (Å²) in [6, 6.07) is 26.2. The molecule has 3 atom stereocenters. The summed E-state index contributed by atoms with van der Waals surface area (Å²) in [6.45, 7) is 8.00. The van der Waals surface area contributed by atoms with E-state index in [1.165, 1.54) is 35.1 Å². The zero-order chi connectivity index (χ0) is 25.5. The van der Waals surface area contributed by atoms with Gasteiger partial charge in [0.05, 0.1) is 17.1 Å². The van der Waals surface area contributed by atoms with Crippen molar-refractivity contribution in [3.8, 4) is 11.4 Å². The first-order valence-electron chi connectivity index (χ1n) is 14.0. The van der Waals surface area contributed by atoms with Crippen LogP contribution in [0.5, 0.6) is 0 Å². The van der Waals surface area contributed by atoms with Gasteiger partial charge in [0.15, 0.2) is 0 Å². The molecule has 190 valence electrons. The van der Waals surface area contributed by atoms with Crippen LogP contribution >= 0.6 is 0 Å². The standard InChI is InChI=1S/C29H30N2O.2C2H6/c32-24-15-16-29(19-20-7-2-1-3-8-20)23(18-24)10-6-9-21-17-22(13-14-25(21)29)28-30-26-11-4-5-12-27(26)31-28;2*1-2/h1-5,7-8,11-14,17,23-24,32H,6,9-10,15-16,18-19H2,(H,30,31);2*1-2H3. The Balaban J connectivity index is 0.000000726. The lowest BCUT2D eigenvalue weighted by molar-refractivity contribution is 0.0468. The predicted octanol–water partition coefficient (Wildman–Crippen LogP) is 8.26. The average molecular weight is 483 g/mol. The van der Waals surface area contributed by atoms with Gasteiger partial charge in [-0.3, -0.25) is 0 Å². The number of imidazole rings is 1. The Morgan fingerprint density at radius 3 is 2.44 bits per heavy atom. The van der Waals surface area contributed by atoms with Gasteiger partial charge in [0.2, 0.25) is 0 Å². The van der Waals surface area contributed by atoms with E-state index in [9.17, 15) is 5.11 Å². The first-order valence-corrected chi connectivity index (χ1v) is 14.0. The summed E-state index contributed by atoms with van der Waals surface area (Å²) in [5.74, 6) is 1.48. The van der Waals surface area contributed by atoms with Crippen LogP contribution in [0.3, 0.4) is 0 Å². The number of hydrogen-bond acceptors (Lipinski definition) is 2. The first-order chi connectivity index (χ1) is 17.7. The SMILES string of the molecule is CC.CC.OC1CCC2(Cc3ccccc3)c3ccc(-c4nc5ccccc5[nH]4)cc3CCCC2C1. The molecule has 1 heterocycles. The molecule has 2 aliphatic carbocycles. The minimum atomic E-state index is -0.153. The summed E-state index contributed by atoms with van der Waals surface area (Å²) >= 11 is 0. The van der Waals surface area contributed by atoms with Crippen LogP contribution in [0.1, 0.15) is 76.5 Å². The second-order valence-corrected chi connectivity index (χ2v) is 9.81. The number of H-pyrrole nitrogens is 1. The molecule has 1 saturated carbocycles. The number of aromatic nitrogens is 2. The van der Waals surface area contributed by atoms with Crippen LogP contribution in [0.15, 0.2) is 72.8 Å². The van der Waals surface area contributed by atoms with Gasteiger partial charge in [0, 0.05) is 11.0 Å². The second-order valence-electron chi connectivity index (χ2n) is 9.81. The molecule has 0 radical (unpaired) electrons.